The molecule has 1 aromatic carbocycles. The summed E-state index contributed by atoms with van der Waals surface area (Å²) < 4.78 is 10.7. The Hall–Kier alpha value is -4.16. The molecule has 38 heavy (non-hydrogen) atoms. The van der Waals surface area contributed by atoms with Crippen molar-refractivity contribution in [3.05, 3.63) is 43.0 Å². The molecule has 0 spiro atoms. The number of fused-ring (bicyclic) bond motifs is 1. The molecule has 3 aromatic heterocycles. The molecule has 4 aromatic rings. The molecule has 1 fully saturated rings. The van der Waals surface area contributed by atoms with E-state index in [0.29, 0.717) is 35.0 Å². The average molecular weight is 520 g/mol. The Morgan fingerprint density at radius 1 is 1.05 bits per heavy atom. The van der Waals surface area contributed by atoms with Gasteiger partial charge in [-0.25, -0.2) is 29.7 Å². The van der Waals surface area contributed by atoms with Gasteiger partial charge in [0.05, 0.1) is 12.1 Å². The van der Waals surface area contributed by atoms with E-state index in [-0.39, 0.29) is 20.0 Å². The number of rotatable bonds is 8. The van der Waals surface area contributed by atoms with Gasteiger partial charge in [0.25, 0.3) is 0 Å². The number of aromatic amines is 1. The van der Waals surface area contributed by atoms with Crippen LogP contribution in [0.1, 0.15) is 14.4 Å². The standard InChI is InChI=1S/C25H29N9O3.CH4/c1-3-36-25(35)32-23-30-20-14-17(13-19(21(20)31-23)22-26-5-4-6-27-22)18-15-28-24(29-16-18)37-12-11-34-9-7-33(2)8-10-34;/h4-6,13-16H,3,7-12H2,1-2H3,(H2,30,31,32,35);1H4. The van der Waals surface area contributed by atoms with Crippen molar-refractivity contribution in [2.45, 2.75) is 14.4 Å². The topological polar surface area (TPSA) is 134 Å². The molecule has 2 N–H and O–H groups in total. The first kappa shape index (κ1) is 26.9. The normalized spacial score (nSPS) is 14.2. The van der Waals surface area contributed by atoms with Gasteiger partial charge in [0.15, 0.2) is 5.82 Å². The van der Waals surface area contributed by atoms with Gasteiger partial charge < -0.3 is 19.4 Å². The summed E-state index contributed by atoms with van der Waals surface area (Å²) in [6.07, 6.45) is 6.20. The fourth-order valence-corrected chi connectivity index (χ4v) is 4.09. The molecule has 0 saturated carbocycles. The first-order chi connectivity index (χ1) is 18.1. The Kier molecular flexibility index (Phi) is 8.77. The summed E-state index contributed by atoms with van der Waals surface area (Å²) in [6, 6.07) is 5.93. The highest BCUT2D eigenvalue weighted by atomic mass is 16.5. The summed E-state index contributed by atoms with van der Waals surface area (Å²) in [7, 11) is 2.14. The largest absolute Gasteiger partial charge is 0.462 e. The zero-order valence-electron chi connectivity index (χ0n) is 20.8. The number of H-pyrrole nitrogens is 1. The van der Waals surface area contributed by atoms with Gasteiger partial charge >= 0.3 is 12.1 Å². The number of imidazole rings is 1. The summed E-state index contributed by atoms with van der Waals surface area (Å²) in [5.74, 6) is 0.774. The molecule has 12 nitrogen and oxygen atoms in total. The van der Waals surface area contributed by atoms with Gasteiger partial charge in [0.2, 0.25) is 5.95 Å². The molecular weight excluding hydrogens is 486 g/mol. The quantitative estimate of drug-likeness (QED) is 0.357. The molecule has 0 atom stereocenters. The van der Waals surface area contributed by atoms with Crippen LogP contribution in [0.5, 0.6) is 6.01 Å². The van der Waals surface area contributed by atoms with Gasteiger partial charge in [-0.05, 0) is 37.7 Å². The molecule has 0 radical (unpaired) electrons. The Morgan fingerprint density at radius 3 is 2.50 bits per heavy atom. The van der Waals surface area contributed by atoms with E-state index < -0.39 is 6.09 Å². The van der Waals surface area contributed by atoms with Crippen LogP contribution in [0.3, 0.4) is 0 Å². The van der Waals surface area contributed by atoms with E-state index in [1.54, 1.807) is 37.8 Å². The molecule has 1 saturated heterocycles. The predicted molar refractivity (Wildman–Crippen MR) is 145 cm³/mol. The van der Waals surface area contributed by atoms with E-state index in [1.165, 1.54) is 0 Å². The minimum Gasteiger partial charge on any atom is -0.462 e. The van der Waals surface area contributed by atoms with Crippen LogP contribution in [0, 0.1) is 0 Å². The van der Waals surface area contributed by atoms with E-state index in [2.05, 4.69) is 52.1 Å². The third-order valence-corrected chi connectivity index (χ3v) is 6.09. The number of hydrogen-bond acceptors (Lipinski definition) is 10. The highest BCUT2D eigenvalue weighted by Crippen LogP contribution is 2.32. The zero-order chi connectivity index (χ0) is 25.6. The number of piperazine rings is 1. The van der Waals surface area contributed by atoms with Crippen molar-refractivity contribution in [3.63, 3.8) is 0 Å². The van der Waals surface area contributed by atoms with Gasteiger partial charge in [-0.2, -0.15) is 0 Å². The minimum absolute atomic E-state index is 0. The average Bonchev–Trinajstić information content (AvgIpc) is 3.32. The SMILES string of the molecule is C.CCOC(=O)Nc1nc2c(-c3ncccn3)cc(-c3cnc(OCCN4CCN(C)CC4)nc3)cc2[nH]1. The number of amides is 1. The minimum atomic E-state index is -0.587. The lowest BCUT2D eigenvalue weighted by molar-refractivity contribution is 0.131. The number of carbonyl (C=O) groups is 1. The Labute approximate surface area is 221 Å². The van der Waals surface area contributed by atoms with Gasteiger partial charge in [-0.3, -0.25) is 10.2 Å². The van der Waals surface area contributed by atoms with Crippen molar-refractivity contribution in [1.29, 1.82) is 0 Å². The Morgan fingerprint density at radius 2 is 1.79 bits per heavy atom. The van der Waals surface area contributed by atoms with Crippen molar-refractivity contribution in [2.75, 3.05) is 58.3 Å². The second-order valence-electron chi connectivity index (χ2n) is 8.67. The first-order valence-electron chi connectivity index (χ1n) is 12.2. The van der Waals surface area contributed by atoms with E-state index in [4.69, 9.17) is 9.47 Å². The highest BCUT2D eigenvalue weighted by Gasteiger charge is 2.17. The summed E-state index contributed by atoms with van der Waals surface area (Å²) in [4.78, 5) is 41.8. The van der Waals surface area contributed by atoms with Crippen molar-refractivity contribution in [2.24, 2.45) is 0 Å². The predicted octanol–water partition coefficient (Wildman–Crippen LogP) is 3.31. The zero-order valence-corrected chi connectivity index (χ0v) is 20.8. The summed E-state index contributed by atoms with van der Waals surface area (Å²) in [5, 5.41) is 2.61. The second kappa shape index (κ2) is 12.4. The summed E-state index contributed by atoms with van der Waals surface area (Å²) in [6.45, 7) is 7.61. The fraction of sp³-hybridized carbons (Fsp3) is 0.385. The number of likely N-dealkylation sites (N-methyl/N-ethyl adjacent to an activating group) is 1. The lowest BCUT2D eigenvalue weighted by Gasteiger charge is -2.31. The molecule has 1 amide bonds. The number of aromatic nitrogens is 6. The van der Waals surface area contributed by atoms with Crippen LogP contribution in [0.15, 0.2) is 43.0 Å². The third kappa shape index (κ3) is 6.39. The summed E-state index contributed by atoms with van der Waals surface area (Å²) in [5.41, 5.74) is 3.64. The van der Waals surface area contributed by atoms with Crippen LogP contribution in [-0.4, -0.2) is 98.8 Å². The van der Waals surface area contributed by atoms with Crippen LogP contribution in [0.25, 0.3) is 33.5 Å². The monoisotopic (exact) mass is 519 g/mol. The molecule has 0 bridgehead atoms. The maximum absolute atomic E-state index is 11.9. The number of benzene rings is 1. The van der Waals surface area contributed by atoms with Crippen LogP contribution < -0.4 is 10.1 Å². The maximum Gasteiger partial charge on any atom is 0.413 e. The van der Waals surface area contributed by atoms with Gasteiger partial charge in [0.1, 0.15) is 12.1 Å². The first-order valence-corrected chi connectivity index (χ1v) is 12.2. The highest BCUT2D eigenvalue weighted by molar-refractivity contribution is 5.96. The smallest absolute Gasteiger partial charge is 0.413 e. The molecule has 0 aliphatic carbocycles. The lowest BCUT2D eigenvalue weighted by atomic mass is 10.0. The van der Waals surface area contributed by atoms with Crippen molar-refractivity contribution < 1.29 is 14.3 Å². The van der Waals surface area contributed by atoms with Gasteiger partial charge in [-0.15, -0.1) is 0 Å². The number of nitrogens with zero attached hydrogens (tertiary/aromatic N) is 7. The van der Waals surface area contributed by atoms with Crippen LogP contribution >= 0.6 is 0 Å². The molecule has 4 heterocycles. The van der Waals surface area contributed by atoms with Gasteiger partial charge in [0, 0.05) is 68.6 Å². The van der Waals surface area contributed by atoms with Crippen molar-refractivity contribution >= 4 is 23.1 Å². The second-order valence-corrected chi connectivity index (χ2v) is 8.67. The molecular formula is C26H33N9O3. The van der Waals surface area contributed by atoms with E-state index in [9.17, 15) is 4.79 Å². The van der Waals surface area contributed by atoms with E-state index in [1.807, 2.05) is 12.1 Å². The Bertz CT molecular complexity index is 1340. The maximum atomic E-state index is 11.9. The lowest BCUT2D eigenvalue weighted by Crippen LogP contribution is -2.45. The number of ether oxygens (including phenoxy) is 2. The number of hydrogen-bond donors (Lipinski definition) is 2. The van der Waals surface area contributed by atoms with Crippen LogP contribution in [0.2, 0.25) is 0 Å². The van der Waals surface area contributed by atoms with Crippen molar-refractivity contribution in [1.82, 2.24) is 39.7 Å². The third-order valence-electron chi connectivity index (χ3n) is 6.09. The van der Waals surface area contributed by atoms with E-state index >= 15 is 0 Å². The van der Waals surface area contributed by atoms with Crippen molar-refractivity contribution in [3.8, 4) is 28.5 Å². The number of anilines is 1. The number of nitrogens with one attached hydrogen (secondary N) is 2. The van der Waals surface area contributed by atoms with Crippen LogP contribution in [-0.2, 0) is 4.74 Å². The molecule has 12 heteroatoms. The fourth-order valence-electron chi connectivity index (χ4n) is 4.09. The van der Waals surface area contributed by atoms with E-state index in [0.717, 1.165) is 43.9 Å². The molecule has 1 aliphatic rings. The van der Waals surface area contributed by atoms with Gasteiger partial charge in [-0.1, -0.05) is 7.43 Å². The Balaban J connectivity index is 0.00000336. The molecule has 5 rings (SSSR count). The molecule has 200 valence electrons. The number of carbonyl (C=O) groups excluding carboxylic acids is 1. The van der Waals surface area contributed by atoms with Crippen LogP contribution in [0.4, 0.5) is 10.7 Å². The molecule has 1 aliphatic heterocycles. The summed E-state index contributed by atoms with van der Waals surface area (Å²) >= 11 is 0. The molecule has 0 unspecified atom stereocenters.